The molecule has 1 fully saturated rings. The summed E-state index contributed by atoms with van der Waals surface area (Å²) in [5.74, 6) is -0.123. The van der Waals surface area contributed by atoms with E-state index in [9.17, 15) is 13.2 Å². The third kappa shape index (κ3) is 6.59. The van der Waals surface area contributed by atoms with Gasteiger partial charge in [-0.25, -0.2) is 8.42 Å². The van der Waals surface area contributed by atoms with Crippen LogP contribution in [-0.4, -0.2) is 50.3 Å². The van der Waals surface area contributed by atoms with E-state index in [1.807, 2.05) is 42.2 Å². The molecule has 7 heteroatoms. The largest absolute Gasteiger partial charge is 0.336 e. The SMILES string of the molecule is CCCCc1ccc(NS(=O)(=O)c2ccc(C)c(C(=O)N3CCN(C(C)c4ccccc4)CC3)c2)cc1. The van der Waals surface area contributed by atoms with Crippen LogP contribution in [0.5, 0.6) is 0 Å². The van der Waals surface area contributed by atoms with Crippen molar-refractivity contribution >= 4 is 21.6 Å². The zero-order valence-corrected chi connectivity index (χ0v) is 22.8. The predicted molar refractivity (Wildman–Crippen MR) is 149 cm³/mol. The van der Waals surface area contributed by atoms with E-state index in [1.54, 1.807) is 24.3 Å². The summed E-state index contributed by atoms with van der Waals surface area (Å²) < 4.78 is 28.9. The Morgan fingerprint density at radius 3 is 2.27 bits per heavy atom. The molecule has 0 saturated carbocycles. The fraction of sp³-hybridized carbons (Fsp3) is 0.367. The number of carbonyl (C=O) groups is 1. The molecule has 0 spiro atoms. The van der Waals surface area contributed by atoms with Gasteiger partial charge in [-0.1, -0.05) is 61.9 Å². The molecule has 4 rings (SSSR count). The van der Waals surface area contributed by atoms with Crippen LogP contribution < -0.4 is 4.72 Å². The molecule has 1 aliphatic rings. The van der Waals surface area contributed by atoms with Crippen molar-refractivity contribution in [3.8, 4) is 0 Å². The number of piperazine rings is 1. The minimum Gasteiger partial charge on any atom is -0.336 e. The lowest BCUT2D eigenvalue weighted by Crippen LogP contribution is -2.49. The standard InChI is InChI=1S/C30H37N3O3S/c1-4-5-9-25-13-15-27(16-14-25)31-37(35,36)28-17-12-23(2)29(22-28)30(34)33-20-18-32(19-21-33)24(3)26-10-7-6-8-11-26/h6-8,10-17,22,24,31H,4-5,9,18-21H2,1-3H3. The number of sulfonamides is 1. The Kier molecular flexibility index (Phi) is 8.67. The second-order valence-electron chi connectivity index (χ2n) is 9.80. The zero-order valence-electron chi connectivity index (χ0n) is 22.0. The summed E-state index contributed by atoms with van der Waals surface area (Å²) in [6.45, 7) is 8.94. The summed E-state index contributed by atoms with van der Waals surface area (Å²) in [6.07, 6.45) is 3.20. The van der Waals surface area contributed by atoms with Gasteiger partial charge in [-0.15, -0.1) is 0 Å². The van der Waals surface area contributed by atoms with Crippen LogP contribution >= 0.6 is 0 Å². The summed E-state index contributed by atoms with van der Waals surface area (Å²) in [7, 11) is -3.83. The number of anilines is 1. The summed E-state index contributed by atoms with van der Waals surface area (Å²) in [6, 6.07) is 22.9. The highest BCUT2D eigenvalue weighted by Crippen LogP contribution is 2.24. The van der Waals surface area contributed by atoms with Gasteiger partial charge in [0.05, 0.1) is 4.90 Å². The first-order chi connectivity index (χ1) is 17.8. The van der Waals surface area contributed by atoms with E-state index >= 15 is 0 Å². The minimum atomic E-state index is -3.83. The summed E-state index contributed by atoms with van der Waals surface area (Å²) >= 11 is 0. The Morgan fingerprint density at radius 2 is 1.62 bits per heavy atom. The summed E-state index contributed by atoms with van der Waals surface area (Å²) in [5.41, 5.74) is 4.16. The fourth-order valence-electron chi connectivity index (χ4n) is 4.76. The number of rotatable bonds is 9. The van der Waals surface area contributed by atoms with E-state index in [0.29, 0.717) is 24.3 Å². The first kappa shape index (κ1) is 26.9. The van der Waals surface area contributed by atoms with E-state index in [0.717, 1.165) is 37.9 Å². The first-order valence-corrected chi connectivity index (χ1v) is 14.6. The molecule has 1 heterocycles. The highest BCUT2D eigenvalue weighted by Gasteiger charge is 2.27. The van der Waals surface area contributed by atoms with Gasteiger partial charge >= 0.3 is 0 Å². The van der Waals surface area contributed by atoms with Crippen molar-refractivity contribution in [1.82, 2.24) is 9.80 Å². The summed E-state index contributed by atoms with van der Waals surface area (Å²) in [4.78, 5) is 17.7. The van der Waals surface area contributed by atoms with Crippen LogP contribution in [0.2, 0.25) is 0 Å². The molecule has 1 saturated heterocycles. The minimum absolute atomic E-state index is 0.0906. The van der Waals surface area contributed by atoms with Gasteiger partial charge in [-0.2, -0.15) is 0 Å². The van der Waals surface area contributed by atoms with E-state index in [-0.39, 0.29) is 16.8 Å². The maximum atomic E-state index is 13.4. The molecule has 1 amide bonds. The molecule has 37 heavy (non-hydrogen) atoms. The number of amides is 1. The number of aryl methyl sites for hydroxylation is 2. The smallest absolute Gasteiger partial charge is 0.261 e. The van der Waals surface area contributed by atoms with Crippen LogP contribution in [0, 0.1) is 6.92 Å². The van der Waals surface area contributed by atoms with Crippen molar-refractivity contribution in [2.24, 2.45) is 0 Å². The monoisotopic (exact) mass is 519 g/mol. The van der Waals surface area contributed by atoms with Crippen molar-refractivity contribution in [2.45, 2.75) is 51.0 Å². The van der Waals surface area contributed by atoms with E-state index in [1.165, 1.54) is 17.2 Å². The van der Waals surface area contributed by atoms with Gasteiger partial charge < -0.3 is 4.90 Å². The van der Waals surface area contributed by atoms with Crippen molar-refractivity contribution < 1.29 is 13.2 Å². The third-order valence-electron chi connectivity index (χ3n) is 7.21. The molecule has 1 unspecified atom stereocenters. The molecule has 0 bridgehead atoms. The molecular formula is C30H37N3O3S. The number of hydrogen-bond donors (Lipinski definition) is 1. The van der Waals surface area contributed by atoms with Gasteiger partial charge in [0, 0.05) is 43.5 Å². The molecule has 3 aromatic rings. The maximum Gasteiger partial charge on any atom is 0.261 e. The predicted octanol–water partition coefficient (Wildman–Crippen LogP) is 5.66. The average Bonchev–Trinajstić information content (AvgIpc) is 2.92. The first-order valence-electron chi connectivity index (χ1n) is 13.1. The Morgan fingerprint density at radius 1 is 0.946 bits per heavy atom. The Labute approximate surface area is 221 Å². The van der Waals surface area contributed by atoms with Crippen LogP contribution in [-0.2, 0) is 16.4 Å². The molecule has 1 aliphatic heterocycles. The maximum absolute atomic E-state index is 13.4. The summed E-state index contributed by atoms with van der Waals surface area (Å²) in [5, 5.41) is 0. The molecule has 1 N–H and O–H groups in total. The Balaban J connectivity index is 1.43. The average molecular weight is 520 g/mol. The van der Waals surface area contributed by atoms with Crippen molar-refractivity contribution in [1.29, 1.82) is 0 Å². The Hall–Kier alpha value is -3.16. The number of hydrogen-bond acceptors (Lipinski definition) is 4. The fourth-order valence-corrected chi connectivity index (χ4v) is 5.84. The second kappa shape index (κ2) is 11.9. The molecule has 3 aromatic carbocycles. The quantitative estimate of drug-likeness (QED) is 0.396. The molecule has 0 aromatic heterocycles. The van der Waals surface area contributed by atoms with Crippen LogP contribution in [0.1, 0.15) is 59.8 Å². The Bertz CT molecular complexity index is 1300. The molecular weight excluding hydrogens is 482 g/mol. The normalized spacial score (nSPS) is 15.4. The third-order valence-corrected chi connectivity index (χ3v) is 8.59. The van der Waals surface area contributed by atoms with Crippen LogP contribution in [0.3, 0.4) is 0 Å². The molecule has 6 nitrogen and oxygen atoms in total. The van der Waals surface area contributed by atoms with Gasteiger partial charge in [-0.3, -0.25) is 14.4 Å². The molecule has 1 atom stereocenters. The second-order valence-corrected chi connectivity index (χ2v) is 11.5. The number of carbonyl (C=O) groups excluding carboxylic acids is 1. The van der Waals surface area contributed by atoms with Crippen LogP contribution in [0.25, 0.3) is 0 Å². The molecule has 196 valence electrons. The van der Waals surface area contributed by atoms with Gasteiger partial charge in [0.2, 0.25) is 0 Å². The van der Waals surface area contributed by atoms with Gasteiger partial charge in [-0.05, 0) is 67.6 Å². The van der Waals surface area contributed by atoms with Gasteiger partial charge in [0.15, 0.2) is 0 Å². The van der Waals surface area contributed by atoms with Crippen molar-refractivity contribution in [3.63, 3.8) is 0 Å². The lowest BCUT2D eigenvalue weighted by molar-refractivity contribution is 0.0581. The number of benzene rings is 3. The zero-order chi connectivity index (χ0) is 26.4. The van der Waals surface area contributed by atoms with Gasteiger partial charge in [0.25, 0.3) is 15.9 Å². The van der Waals surface area contributed by atoms with E-state index in [2.05, 4.69) is 35.6 Å². The highest BCUT2D eigenvalue weighted by atomic mass is 32.2. The topological polar surface area (TPSA) is 69.7 Å². The van der Waals surface area contributed by atoms with Crippen LogP contribution in [0.15, 0.2) is 77.7 Å². The lowest BCUT2D eigenvalue weighted by atomic mass is 10.1. The van der Waals surface area contributed by atoms with Gasteiger partial charge in [0.1, 0.15) is 0 Å². The highest BCUT2D eigenvalue weighted by molar-refractivity contribution is 7.92. The van der Waals surface area contributed by atoms with Crippen molar-refractivity contribution in [2.75, 3.05) is 30.9 Å². The van der Waals surface area contributed by atoms with E-state index in [4.69, 9.17) is 0 Å². The van der Waals surface area contributed by atoms with Crippen LogP contribution in [0.4, 0.5) is 5.69 Å². The van der Waals surface area contributed by atoms with E-state index < -0.39 is 10.0 Å². The lowest BCUT2D eigenvalue weighted by Gasteiger charge is -2.38. The molecule has 0 aliphatic carbocycles. The molecule has 0 radical (unpaired) electrons. The number of nitrogens with zero attached hydrogens (tertiary/aromatic N) is 2. The van der Waals surface area contributed by atoms with Crippen molar-refractivity contribution in [3.05, 3.63) is 95.1 Å². The number of unbranched alkanes of at least 4 members (excludes halogenated alkanes) is 1. The number of nitrogens with one attached hydrogen (secondary N) is 1.